The molecule has 0 fully saturated rings. The van der Waals surface area contributed by atoms with Gasteiger partial charge in [0, 0.05) is 21.1 Å². The van der Waals surface area contributed by atoms with Gasteiger partial charge in [0.15, 0.2) is 4.80 Å². The van der Waals surface area contributed by atoms with Crippen molar-refractivity contribution in [3.05, 3.63) is 112 Å². The van der Waals surface area contributed by atoms with Gasteiger partial charge in [0.05, 0.1) is 22.4 Å². The Hall–Kier alpha value is -3.20. The van der Waals surface area contributed by atoms with Crippen LogP contribution in [0.25, 0.3) is 17.4 Å². The lowest BCUT2D eigenvalue weighted by Gasteiger charge is -2.25. The largest absolute Gasteiger partial charge is 0.463 e. The fraction of sp³-hybridized carbons (Fsp3) is 0.148. The van der Waals surface area contributed by atoms with Gasteiger partial charge < -0.3 is 9.15 Å². The molecule has 0 amide bonds. The second-order valence-electron chi connectivity index (χ2n) is 8.03. The summed E-state index contributed by atoms with van der Waals surface area (Å²) in [5, 5.41) is 0.443. The molecular formula is C27H20BrClN2O4S. The van der Waals surface area contributed by atoms with Gasteiger partial charge in [0.1, 0.15) is 17.6 Å². The van der Waals surface area contributed by atoms with Crippen molar-refractivity contribution in [1.82, 2.24) is 4.57 Å². The number of carbonyl (C=O) groups excluding carboxylic acids is 1. The van der Waals surface area contributed by atoms with Gasteiger partial charge in [-0.25, -0.2) is 9.79 Å². The minimum absolute atomic E-state index is 0.203. The van der Waals surface area contributed by atoms with Gasteiger partial charge in [-0.1, -0.05) is 69.2 Å². The molecule has 4 aromatic rings. The highest BCUT2D eigenvalue weighted by atomic mass is 79.9. The molecule has 0 N–H and O–H groups in total. The van der Waals surface area contributed by atoms with E-state index in [-0.39, 0.29) is 12.2 Å². The zero-order chi connectivity index (χ0) is 25.4. The number of fused-ring (bicyclic) bond motifs is 1. The number of thiazole rings is 1. The van der Waals surface area contributed by atoms with E-state index >= 15 is 0 Å². The number of furan rings is 1. The highest BCUT2D eigenvalue weighted by Gasteiger charge is 2.34. The highest BCUT2D eigenvalue weighted by Crippen LogP contribution is 2.34. The lowest BCUT2D eigenvalue weighted by molar-refractivity contribution is -0.139. The van der Waals surface area contributed by atoms with E-state index in [1.165, 1.54) is 15.9 Å². The number of hydrogen-bond acceptors (Lipinski definition) is 6. The fourth-order valence-corrected chi connectivity index (χ4v) is 5.64. The minimum atomic E-state index is -0.758. The molecule has 0 bridgehead atoms. The normalized spacial score (nSPS) is 15.6. The Bertz CT molecular complexity index is 1680. The Morgan fingerprint density at radius 1 is 1.19 bits per heavy atom. The van der Waals surface area contributed by atoms with Crippen molar-refractivity contribution >= 4 is 50.9 Å². The number of benzene rings is 2. The fourth-order valence-electron chi connectivity index (χ4n) is 4.11. The van der Waals surface area contributed by atoms with Crippen molar-refractivity contribution in [2.24, 2.45) is 4.99 Å². The van der Waals surface area contributed by atoms with Crippen molar-refractivity contribution < 1.29 is 13.9 Å². The summed E-state index contributed by atoms with van der Waals surface area (Å²) >= 11 is 11.2. The molecule has 2 aromatic heterocycles. The first-order chi connectivity index (χ1) is 17.4. The molecule has 0 saturated heterocycles. The van der Waals surface area contributed by atoms with Crippen molar-refractivity contribution in [3.63, 3.8) is 0 Å². The molecule has 1 aliphatic heterocycles. The molecule has 2 aromatic carbocycles. The van der Waals surface area contributed by atoms with E-state index in [9.17, 15) is 9.59 Å². The topological polar surface area (TPSA) is 73.8 Å². The van der Waals surface area contributed by atoms with Crippen molar-refractivity contribution in [1.29, 1.82) is 0 Å². The maximum atomic E-state index is 13.7. The first-order valence-electron chi connectivity index (χ1n) is 11.2. The van der Waals surface area contributed by atoms with Crippen LogP contribution in [0.3, 0.4) is 0 Å². The molecule has 36 heavy (non-hydrogen) atoms. The van der Waals surface area contributed by atoms with Gasteiger partial charge >= 0.3 is 5.97 Å². The minimum Gasteiger partial charge on any atom is -0.463 e. The number of ether oxygens (including phenoxy) is 1. The number of hydrogen-bond donors (Lipinski definition) is 0. The molecule has 0 aliphatic carbocycles. The average molecular weight is 584 g/mol. The number of allylic oxidation sites excluding steroid dienone is 1. The summed E-state index contributed by atoms with van der Waals surface area (Å²) in [6.45, 7) is 3.68. The van der Waals surface area contributed by atoms with E-state index in [0.29, 0.717) is 42.7 Å². The number of rotatable bonds is 5. The van der Waals surface area contributed by atoms with E-state index in [1.54, 1.807) is 38.1 Å². The van der Waals surface area contributed by atoms with Gasteiger partial charge in [0.25, 0.3) is 5.56 Å². The van der Waals surface area contributed by atoms with Gasteiger partial charge in [-0.3, -0.25) is 9.36 Å². The van der Waals surface area contributed by atoms with Gasteiger partial charge in [-0.15, -0.1) is 0 Å². The molecule has 0 radical (unpaired) electrons. The first kappa shape index (κ1) is 24.5. The Kier molecular flexibility index (Phi) is 6.83. The molecule has 1 aliphatic rings. The average Bonchev–Trinajstić information content (AvgIpc) is 3.44. The number of nitrogens with zero attached hydrogens (tertiary/aromatic N) is 2. The summed E-state index contributed by atoms with van der Waals surface area (Å²) in [4.78, 5) is 31.7. The number of halogens is 2. The SMILES string of the molecule is CCOC(=O)C1=C(C)N=c2s/c(=C\c3ccc(-c4ccc(Br)cc4)o3)c(=O)n2[C@@H]1c1ccccc1Cl. The van der Waals surface area contributed by atoms with Crippen molar-refractivity contribution in [3.8, 4) is 11.3 Å². The van der Waals surface area contributed by atoms with Crippen LogP contribution in [-0.2, 0) is 9.53 Å². The van der Waals surface area contributed by atoms with Crippen LogP contribution in [0.5, 0.6) is 0 Å². The molecule has 0 spiro atoms. The second-order valence-corrected chi connectivity index (χ2v) is 10.4. The van der Waals surface area contributed by atoms with Crippen LogP contribution < -0.4 is 14.9 Å². The third-order valence-corrected chi connectivity index (χ3v) is 7.60. The molecule has 182 valence electrons. The molecule has 0 saturated carbocycles. The molecule has 6 nitrogen and oxygen atoms in total. The van der Waals surface area contributed by atoms with Crippen LogP contribution in [0.2, 0.25) is 5.02 Å². The van der Waals surface area contributed by atoms with Gasteiger partial charge in [-0.2, -0.15) is 0 Å². The van der Waals surface area contributed by atoms with E-state index in [0.717, 1.165) is 10.0 Å². The molecule has 9 heteroatoms. The summed E-state index contributed by atoms with van der Waals surface area (Å²) in [5.41, 5.74) is 2.04. The number of aromatic nitrogens is 1. The maximum absolute atomic E-state index is 13.7. The van der Waals surface area contributed by atoms with E-state index in [1.807, 2.05) is 42.5 Å². The van der Waals surface area contributed by atoms with Crippen LogP contribution in [0.1, 0.15) is 31.2 Å². The Morgan fingerprint density at radius 2 is 1.94 bits per heavy atom. The lowest BCUT2D eigenvalue weighted by Crippen LogP contribution is -2.40. The predicted octanol–water partition coefficient (Wildman–Crippen LogP) is 5.47. The Labute approximate surface area is 224 Å². The molecule has 3 heterocycles. The van der Waals surface area contributed by atoms with Crippen LogP contribution in [0.4, 0.5) is 0 Å². The van der Waals surface area contributed by atoms with Crippen LogP contribution in [0, 0.1) is 0 Å². The van der Waals surface area contributed by atoms with Crippen LogP contribution in [0.15, 0.2) is 90.6 Å². The summed E-state index contributed by atoms with van der Waals surface area (Å²) < 4.78 is 14.2. The van der Waals surface area contributed by atoms with Gasteiger partial charge in [0.2, 0.25) is 0 Å². The Morgan fingerprint density at radius 3 is 2.67 bits per heavy atom. The summed E-state index contributed by atoms with van der Waals surface area (Å²) in [7, 11) is 0. The van der Waals surface area contributed by atoms with Crippen molar-refractivity contribution in [2.75, 3.05) is 6.61 Å². The molecule has 0 unspecified atom stereocenters. The van der Waals surface area contributed by atoms with Crippen LogP contribution >= 0.6 is 38.9 Å². The maximum Gasteiger partial charge on any atom is 0.338 e. The number of carbonyl (C=O) groups is 1. The third-order valence-electron chi connectivity index (χ3n) is 5.75. The zero-order valence-electron chi connectivity index (χ0n) is 19.3. The molecular weight excluding hydrogens is 564 g/mol. The van der Waals surface area contributed by atoms with Crippen LogP contribution in [-0.4, -0.2) is 17.1 Å². The highest BCUT2D eigenvalue weighted by molar-refractivity contribution is 9.10. The quantitative estimate of drug-likeness (QED) is 0.292. The van der Waals surface area contributed by atoms with E-state index in [2.05, 4.69) is 20.9 Å². The predicted molar refractivity (Wildman–Crippen MR) is 144 cm³/mol. The van der Waals surface area contributed by atoms with Crippen molar-refractivity contribution in [2.45, 2.75) is 19.9 Å². The smallest absolute Gasteiger partial charge is 0.338 e. The molecule has 5 rings (SSSR count). The lowest BCUT2D eigenvalue weighted by atomic mass is 9.96. The monoisotopic (exact) mass is 582 g/mol. The van der Waals surface area contributed by atoms with Gasteiger partial charge in [-0.05, 0) is 49.7 Å². The van der Waals surface area contributed by atoms with E-state index in [4.69, 9.17) is 20.8 Å². The standard InChI is InChI=1S/C27H20BrClN2O4S/c1-3-34-26(33)23-15(2)30-27-31(24(23)19-6-4-5-7-20(19)29)25(32)22(36-27)14-18-12-13-21(35-18)16-8-10-17(28)11-9-16/h4-14,24H,3H2,1-2H3/b22-14-/t24-/m1/s1. The summed E-state index contributed by atoms with van der Waals surface area (Å²) in [5.74, 6) is 0.702. The summed E-state index contributed by atoms with van der Waals surface area (Å²) in [6.07, 6.45) is 1.69. The Balaban J connectivity index is 1.65. The second kappa shape index (κ2) is 10.0. The number of esters is 1. The third kappa shape index (κ3) is 4.52. The zero-order valence-corrected chi connectivity index (χ0v) is 22.5. The van der Waals surface area contributed by atoms with E-state index < -0.39 is 12.0 Å². The molecule has 1 atom stereocenters. The summed E-state index contributed by atoms with van der Waals surface area (Å²) in [6, 6.07) is 17.9. The first-order valence-corrected chi connectivity index (χ1v) is 13.2.